The quantitative estimate of drug-likeness (QED) is 0.541. The third-order valence-electron chi connectivity index (χ3n) is 3.47. The monoisotopic (exact) mass is 294 g/mol. The van der Waals surface area contributed by atoms with Crippen LogP contribution in [0.2, 0.25) is 0 Å². The summed E-state index contributed by atoms with van der Waals surface area (Å²) >= 11 is 0. The van der Waals surface area contributed by atoms with Crippen LogP contribution in [0.3, 0.4) is 0 Å². The molecule has 1 aliphatic rings. The third-order valence-corrected chi connectivity index (χ3v) is 3.47. The lowest BCUT2D eigenvalue weighted by Gasteiger charge is -2.09. The van der Waals surface area contributed by atoms with Crippen molar-refractivity contribution < 1.29 is 24.2 Å². The molecule has 116 valence electrons. The number of fused-ring (bicyclic) bond motifs is 1. The molecule has 0 radical (unpaired) electrons. The summed E-state index contributed by atoms with van der Waals surface area (Å²) in [6.07, 6.45) is 8.03. The molecule has 1 heterocycles. The second kappa shape index (κ2) is 8.15. The summed E-state index contributed by atoms with van der Waals surface area (Å²) in [5, 5.41) is 17.5. The average Bonchev–Trinajstić information content (AvgIpc) is 2.84. The van der Waals surface area contributed by atoms with E-state index in [2.05, 4.69) is 6.92 Å². The molecular weight excluding hydrogens is 271 g/mol. The van der Waals surface area contributed by atoms with Crippen LogP contribution in [-0.2, 0) is 0 Å². The van der Waals surface area contributed by atoms with Gasteiger partial charge in [0.25, 0.3) is 0 Å². The van der Waals surface area contributed by atoms with Gasteiger partial charge in [-0.3, -0.25) is 0 Å². The predicted molar refractivity (Wildman–Crippen MR) is 80.3 cm³/mol. The molecule has 2 rings (SSSR count). The molecule has 0 aliphatic carbocycles. The van der Waals surface area contributed by atoms with E-state index in [1.165, 1.54) is 32.1 Å². The number of rotatable bonds is 9. The zero-order valence-electron chi connectivity index (χ0n) is 12.5. The molecule has 0 saturated carbocycles. The Morgan fingerprint density at radius 2 is 1.76 bits per heavy atom. The Bertz CT molecular complexity index is 438. The van der Waals surface area contributed by atoms with Gasteiger partial charge in [-0.2, -0.15) is 0 Å². The Hall–Kier alpha value is -1.40. The van der Waals surface area contributed by atoms with Crippen LogP contribution >= 0.6 is 0 Å². The summed E-state index contributed by atoms with van der Waals surface area (Å²) in [5.74, 6) is 1.60. The van der Waals surface area contributed by atoms with Gasteiger partial charge in [0.2, 0.25) is 6.29 Å². The normalized spacial score (nSPS) is 16.0. The summed E-state index contributed by atoms with van der Waals surface area (Å²) in [4.78, 5) is 0. The van der Waals surface area contributed by atoms with Crippen LogP contribution in [-0.4, -0.2) is 23.7 Å². The predicted octanol–water partition coefficient (Wildman–Crippen LogP) is 2.88. The molecule has 0 spiro atoms. The zero-order valence-corrected chi connectivity index (χ0v) is 12.5. The highest BCUT2D eigenvalue weighted by atomic mass is 16.7. The Balaban J connectivity index is 1.72. The first-order chi connectivity index (χ1) is 10.2. The summed E-state index contributed by atoms with van der Waals surface area (Å²) in [5.41, 5.74) is 0. The van der Waals surface area contributed by atoms with Gasteiger partial charge in [0.1, 0.15) is 5.75 Å². The van der Waals surface area contributed by atoms with Crippen LogP contribution in [0.25, 0.3) is 0 Å². The van der Waals surface area contributed by atoms with E-state index in [9.17, 15) is 0 Å². The first-order valence-corrected chi connectivity index (χ1v) is 7.69. The zero-order chi connectivity index (χ0) is 15.1. The smallest absolute Gasteiger partial charge is 0.512 e. The Morgan fingerprint density at radius 1 is 1.05 bits per heavy atom. The van der Waals surface area contributed by atoms with Crippen LogP contribution in [0.5, 0.6) is 17.2 Å². The van der Waals surface area contributed by atoms with Gasteiger partial charge in [0.05, 0.1) is 0 Å². The molecule has 0 fully saturated rings. The molecule has 1 aromatic carbocycles. The Kier molecular flexibility index (Phi) is 6.20. The second-order valence-corrected chi connectivity index (χ2v) is 5.27. The van der Waals surface area contributed by atoms with Crippen LogP contribution in [0.4, 0.5) is 0 Å². The molecular formula is C15H23BO5. The number of benzene rings is 1. The van der Waals surface area contributed by atoms with Crippen molar-refractivity contribution in [2.75, 3.05) is 0 Å². The fraction of sp³-hybridized carbons (Fsp3) is 0.600. The van der Waals surface area contributed by atoms with E-state index in [1.54, 1.807) is 18.2 Å². The maximum absolute atomic E-state index is 8.77. The fourth-order valence-corrected chi connectivity index (χ4v) is 2.39. The maximum atomic E-state index is 8.77. The van der Waals surface area contributed by atoms with Crippen molar-refractivity contribution in [3.05, 3.63) is 18.2 Å². The lowest BCUT2D eigenvalue weighted by Crippen LogP contribution is -2.20. The highest BCUT2D eigenvalue weighted by Crippen LogP contribution is 2.38. The average molecular weight is 294 g/mol. The van der Waals surface area contributed by atoms with Gasteiger partial charge in [-0.15, -0.1) is 0 Å². The molecule has 21 heavy (non-hydrogen) atoms. The minimum Gasteiger partial charge on any atom is -0.512 e. The van der Waals surface area contributed by atoms with Crippen molar-refractivity contribution in [1.29, 1.82) is 0 Å². The molecule has 0 bridgehead atoms. The standard InChI is InChI=1S/C15H23BO5/c1-2-3-4-5-6-7-8-15-19-13-10-9-12(21-16(17)18)11-14(13)20-15/h9-11,15,17-18H,2-8H2,1H3. The molecule has 1 aromatic rings. The van der Waals surface area contributed by atoms with Gasteiger partial charge in [-0.1, -0.05) is 39.0 Å². The lowest BCUT2D eigenvalue weighted by molar-refractivity contribution is 0.0395. The van der Waals surface area contributed by atoms with E-state index < -0.39 is 7.32 Å². The highest BCUT2D eigenvalue weighted by Gasteiger charge is 2.24. The number of hydrogen-bond donors (Lipinski definition) is 2. The van der Waals surface area contributed by atoms with E-state index in [0.29, 0.717) is 17.2 Å². The molecule has 1 atom stereocenters. The van der Waals surface area contributed by atoms with Crippen molar-refractivity contribution in [1.82, 2.24) is 0 Å². The van der Waals surface area contributed by atoms with E-state index in [-0.39, 0.29) is 6.29 Å². The van der Waals surface area contributed by atoms with Crippen molar-refractivity contribution in [2.45, 2.75) is 58.2 Å². The van der Waals surface area contributed by atoms with Gasteiger partial charge >= 0.3 is 7.32 Å². The fourth-order valence-electron chi connectivity index (χ4n) is 2.39. The van der Waals surface area contributed by atoms with E-state index in [0.717, 1.165) is 12.8 Å². The van der Waals surface area contributed by atoms with Gasteiger partial charge in [-0.25, -0.2) is 0 Å². The summed E-state index contributed by atoms with van der Waals surface area (Å²) in [7, 11) is -1.83. The van der Waals surface area contributed by atoms with Crippen LogP contribution in [0.15, 0.2) is 18.2 Å². The minimum absolute atomic E-state index is 0.250. The van der Waals surface area contributed by atoms with Crippen molar-refractivity contribution in [2.24, 2.45) is 0 Å². The summed E-state index contributed by atoms with van der Waals surface area (Å²) in [6.45, 7) is 2.21. The first kappa shape index (κ1) is 16.0. The molecule has 0 aromatic heterocycles. The Morgan fingerprint density at radius 3 is 2.52 bits per heavy atom. The number of ether oxygens (including phenoxy) is 2. The Labute approximate surface area is 126 Å². The van der Waals surface area contributed by atoms with Crippen molar-refractivity contribution >= 4 is 7.32 Å². The number of hydrogen-bond acceptors (Lipinski definition) is 5. The van der Waals surface area contributed by atoms with Gasteiger partial charge in [0, 0.05) is 12.5 Å². The van der Waals surface area contributed by atoms with Crippen LogP contribution in [0, 0.1) is 0 Å². The first-order valence-electron chi connectivity index (χ1n) is 7.69. The highest BCUT2D eigenvalue weighted by molar-refractivity contribution is 6.33. The maximum Gasteiger partial charge on any atom is 0.707 e. The molecule has 2 N–H and O–H groups in total. The van der Waals surface area contributed by atoms with Gasteiger partial charge < -0.3 is 24.2 Å². The van der Waals surface area contributed by atoms with Gasteiger partial charge in [-0.05, 0) is 18.6 Å². The minimum atomic E-state index is -1.83. The molecule has 0 saturated heterocycles. The molecule has 5 nitrogen and oxygen atoms in total. The summed E-state index contributed by atoms with van der Waals surface area (Å²) in [6, 6.07) is 4.94. The second-order valence-electron chi connectivity index (χ2n) is 5.27. The number of unbranched alkanes of at least 4 members (excludes halogenated alkanes) is 5. The van der Waals surface area contributed by atoms with E-state index in [4.69, 9.17) is 24.2 Å². The SMILES string of the molecule is CCCCCCCCC1Oc2ccc(OB(O)O)cc2O1. The largest absolute Gasteiger partial charge is 0.707 e. The van der Waals surface area contributed by atoms with Crippen molar-refractivity contribution in [3.8, 4) is 17.2 Å². The molecule has 0 amide bonds. The third kappa shape index (κ3) is 5.14. The topological polar surface area (TPSA) is 68.2 Å². The van der Waals surface area contributed by atoms with E-state index >= 15 is 0 Å². The lowest BCUT2D eigenvalue weighted by atomic mass is 10.1. The molecule has 1 unspecified atom stereocenters. The van der Waals surface area contributed by atoms with E-state index in [1.807, 2.05) is 0 Å². The van der Waals surface area contributed by atoms with Gasteiger partial charge in [0.15, 0.2) is 11.5 Å². The molecule has 6 heteroatoms. The molecule has 1 aliphatic heterocycles. The van der Waals surface area contributed by atoms with Crippen molar-refractivity contribution in [3.63, 3.8) is 0 Å². The van der Waals surface area contributed by atoms with Crippen LogP contribution < -0.4 is 14.1 Å². The van der Waals surface area contributed by atoms with Crippen LogP contribution in [0.1, 0.15) is 51.9 Å². The summed E-state index contributed by atoms with van der Waals surface area (Å²) < 4.78 is 16.2.